The quantitative estimate of drug-likeness (QED) is 0.588. The Kier molecular flexibility index (Phi) is 5.76. The fourth-order valence-corrected chi connectivity index (χ4v) is 3.06. The largest absolute Gasteiger partial charge is 0.469 e. The molecule has 1 aromatic carbocycles. The minimum Gasteiger partial charge on any atom is -0.469 e. The highest BCUT2D eigenvalue weighted by atomic mass is 28.4. The Balaban J connectivity index is 3.03. The first-order valence-corrected chi connectivity index (χ1v) is 10.3. The van der Waals surface area contributed by atoms with Gasteiger partial charge in [0.25, 0.3) is 0 Å². The summed E-state index contributed by atoms with van der Waals surface area (Å²) < 4.78 is 11.3. The number of ether oxygens (including phenoxy) is 1. The molecule has 0 amide bonds. The van der Waals surface area contributed by atoms with Gasteiger partial charge in [0.05, 0.1) is 19.6 Å². The number of carbonyl (C=O) groups excluding carboxylic acids is 1. The van der Waals surface area contributed by atoms with Gasteiger partial charge in [0.2, 0.25) is 0 Å². The molecule has 0 aliphatic heterocycles. The standard InChI is InChI=1S/C17H28O3Si/c1-13-8-10-14(11-9-13)15(12-16(18)19-5)20-21(6,7)17(2,3)4/h8-11,15H,12H2,1-7H3. The van der Waals surface area contributed by atoms with E-state index >= 15 is 0 Å². The van der Waals surface area contributed by atoms with E-state index in [9.17, 15) is 4.79 Å². The molecule has 0 fully saturated rings. The first-order chi connectivity index (χ1) is 9.56. The number of hydrogen-bond acceptors (Lipinski definition) is 3. The van der Waals surface area contributed by atoms with Crippen molar-refractivity contribution in [2.24, 2.45) is 0 Å². The van der Waals surface area contributed by atoms with E-state index in [1.165, 1.54) is 12.7 Å². The van der Waals surface area contributed by atoms with Crippen LogP contribution in [-0.2, 0) is 14.0 Å². The summed E-state index contributed by atoms with van der Waals surface area (Å²) in [5, 5.41) is 0.103. The molecule has 1 aromatic rings. The number of benzene rings is 1. The number of rotatable bonds is 5. The molecule has 0 bridgehead atoms. The number of aryl methyl sites for hydroxylation is 1. The van der Waals surface area contributed by atoms with Crippen LogP contribution in [0.2, 0.25) is 18.1 Å². The van der Waals surface area contributed by atoms with Crippen LogP contribution in [-0.4, -0.2) is 21.4 Å². The highest BCUT2D eigenvalue weighted by Gasteiger charge is 2.39. The monoisotopic (exact) mass is 308 g/mol. The molecular formula is C17H28O3Si. The molecule has 0 aromatic heterocycles. The zero-order valence-corrected chi connectivity index (χ0v) is 15.3. The van der Waals surface area contributed by atoms with Crippen molar-refractivity contribution in [1.29, 1.82) is 0 Å². The zero-order valence-electron chi connectivity index (χ0n) is 14.3. The van der Waals surface area contributed by atoms with Crippen LogP contribution in [0.5, 0.6) is 0 Å². The van der Waals surface area contributed by atoms with Crippen molar-refractivity contribution in [1.82, 2.24) is 0 Å². The first kappa shape index (κ1) is 17.9. The molecule has 1 unspecified atom stereocenters. The van der Waals surface area contributed by atoms with Crippen LogP contribution in [0, 0.1) is 6.92 Å². The second-order valence-corrected chi connectivity index (χ2v) is 11.8. The summed E-state index contributed by atoms with van der Waals surface area (Å²) >= 11 is 0. The molecule has 3 nitrogen and oxygen atoms in total. The average molecular weight is 308 g/mol. The van der Waals surface area contributed by atoms with Crippen LogP contribution < -0.4 is 0 Å². The SMILES string of the molecule is COC(=O)CC(O[Si](C)(C)C(C)(C)C)c1ccc(C)cc1. The van der Waals surface area contributed by atoms with Gasteiger partial charge in [-0.1, -0.05) is 50.6 Å². The number of esters is 1. The van der Waals surface area contributed by atoms with Crippen LogP contribution in [0.3, 0.4) is 0 Å². The summed E-state index contributed by atoms with van der Waals surface area (Å²) in [6.45, 7) is 13.0. The molecular weight excluding hydrogens is 280 g/mol. The summed E-state index contributed by atoms with van der Waals surface area (Å²) in [7, 11) is -0.534. The van der Waals surface area contributed by atoms with Crippen molar-refractivity contribution in [3.05, 3.63) is 35.4 Å². The lowest BCUT2D eigenvalue weighted by Crippen LogP contribution is -2.42. The second kappa shape index (κ2) is 6.75. The third kappa shape index (κ3) is 4.97. The van der Waals surface area contributed by atoms with Crippen LogP contribution in [0.1, 0.15) is 44.4 Å². The van der Waals surface area contributed by atoms with Gasteiger partial charge in [0, 0.05) is 0 Å². The maximum Gasteiger partial charge on any atom is 0.308 e. The van der Waals surface area contributed by atoms with Gasteiger partial charge >= 0.3 is 5.97 Å². The molecule has 0 heterocycles. The molecule has 1 rings (SSSR count). The van der Waals surface area contributed by atoms with Gasteiger partial charge in [-0.15, -0.1) is 0 Å². The minimum atomic E-state index is -1.95. The highest BCUT2D eigenvalue weighted by molar-refractivity contribution is 6.74. The Labute approximate surface area is 129 Å². The van der Waals surface area contributed by atoms with E-state index in [0.29, 0.717) is 0 Å². The maximum absolute atomic E-state index is 11.7. The van der Waals surface area contributed by atoms with Crippen molar-refractivity contribution in [2.45, 2.75) is 58.4 Å². The predicted octanol–water partition coefficient (Wildman–Crippen LogP) is 4.62. The molecule has 0 saturated heterocycles. The average Bonchev–Trinajstić information content (AvgIpc) is 2.37. The molecule has 4 heteroatoms. The van der Waals surface area contributed by atoms with Crippen molar-refractivity contribution in [3.8, 4) is 0 Å². The topological polar surface area (TPSA) is 35.5 Å². The lowest BCUT2D eigenvalue weighted by atomic mass is 10.1. The Morgan fingerprint density at radius 2 is 1.71 bits per heavy atom. The van der Waals surface area contributed by atoms with E-state index in [4.69, 9.17) is 9.16 Å². The van der Waals surface area contributed by atoms with Crippen LogP contribution in [0.25, 0.3) is 0 Å². The fraction of sp³-hybridized carbons (Fsp3) is 0.588. The molecule has 0 N–H and O–H groups in total. The Hall–Kier alpha value is -1.13. The van der Waals surface area contributed by atoms with E-state index < -0.39 is 8.32 Å². The summed E-state index contributed by atoms with van der Waals surface area (Å²) in [5.41, 5.74) is 2.23. The van der Waals surface area contributed by atoms with Gasteiger partial charge in [0.1, 0.15) is 0 Å². The minimum absolute atomic E-state index is 0.103. The summed E-state index contributed by atoms with van der Waals surface area (Å²) in [4.78, 5) is 11.7. The fourth-order valence-electron chi connectivity index (χ4n) is 1.78. The number of hydrogen-bond donors (Lipinski definition) is 0. The lowest BCUT2D eigenvalue weighted by Gasteiger charge is -2.39. The van der Waals surface area contributed by atoms with E-state index in [1.807, 2.05) is 19.1 Å². The van der Waals surface area contributed by atoms with Gasteiger partial charge in [-0.2, -0.15) is 0 Å². The third-order valence-electron chi connectivity index (χ3n) is 4.27. The molecule has 0 saturated carbocycles. The second-order valence-electron chi connectivity index (χ2n) is 7.06. The van der Waals surface area contributed by atoms with E-state index in [1.54, 1.807) is 0 Å². The van der Waals surface area contributed by atoms with Gasteiger partial charge in [0.15, 0.2) is 8.32 Å². The van der Waals surface area contributed by atoms with Gasteiger partial charge in [-0.25, -0.2) is 0 Å². The molecule has 118 valence electrons. The normalized spacial score (nSPS) is 13.9. The first-order valence-electron chi connectivity index (χ1n) is 7.38. The van der Waals surface area contributed by atoms with Gasteiger partial charge < -0.3 is 9.16 Å². The van der Waals surface area contributed by atoms with Crippen molar-refractivity contribution < 1.29 is 14.0 Å². The predicted molar refractivity (Wildman–Crippen MR) is 88.8 cm³/mol. The summed E-state index contributed by atoms with van der Waals surface area (Å²) in [6, 6.07) is 8.18. The van der Waals surface area contributed by atoms with Crippen LogP contribution in [0.4, 0.5) is 0 Å². The molecule has 0 aliphatic carbocycles. The van der Waals surface area contributed by atoms with E-state index in [0.717, 1.165) is 5.56 Å². The molecule has 21 heavy (non-hydrogen) atoms. The van der Waals surface area contributed by atoms with Crippen LogP contribution >= 0.6 is 0 Å². The Morgan fingerprint density at radius 1 is 1.19 bits per heavy atom. The molecule has 0 radical (unpaired) electrons. The van der Waals surface area contributed by atoms with Gasteiger partial charge in [-0.3, -0.25) is 4.79 Å². The van der Waals surface area contributed by atoms with Crippen LogP contribution in [0.15, 0.2) is 24.3 Å². The summed E-state index contributed by atoms with van der Waals surface area (Å²) in [6.07, 6.45) is 0.0189. The Bertz CT molecular complexity index is 472. The van der Waals surface area contributed by atoms with Crippen molar-refractivity contribution in [2.75, 3.05) is 7.11 Å². The van der Waals surface area contributed by atoms with E-state index in [-0.39, 0.29) is 23.5 Å². The Morgan fingerprint density at radius 3 is 2.14 bits per heavy atom. The smallest absolute Gasteiger partial charge is 0.308 e. The van der Waals surface area contributed by atoms with E-state index in [2.05, 4.69) is 46.0 Å². The van der Waals surface area contributed by atoms with Crippen molar-refractivity contribution in [3.63, 3.8) is 0 Å². The number of carbonyl (C=O) groups is 1. The molecule has 1 atom stereocenters. The third-order valence-corrected chi connectivity index (χ3v) is 8.76. The highest BCUT2D eigenvalue weighted by Crippen LogP contribution is 2.40. The molecule has 0 spiro atoms. The van der Waals surface area contributed by atoms with Crippen molar-refractivity contribution >= 4 is 14.3 Å². The maximum atomic E-state index is 11.7. The zero-order chi connectivity index (χ0) is 16.3. The number of methoxy groups -OCH3 is 1. The van der Waals surface area contributed by atoms with Gasteiger partial charge in [-0.05, 0) is 30.6 Å². The lowest BCUT2D eigenvalue weighted by molar-refractivity contribution is -0.142. The molecule has 0 aliphatic rings. The summed E-state index contributed by atoms with van der Waals surface area (Å²) in [5.74, 6) is -0.237.